The zero-order valence-corrected chi connectivity index (χ0v) is 6.31. The first-order chi connectivity index (χ1) is 4.33. The standard InChI is InChI=1S/C7H5BrO/c1-2-3-7-4-6(8)5-9-7/h1,4-5H,3H2. The second-order valence-corrected chi connectivity index (χ2v) is 2.53. The van der Waals surface area contributed by atoms with Crippen molar-refractivity contribution in [3.63, 3.8) is 0 Å². The fourth-order valence-electron chi connectivity index (χ4n) is 0.547. The van der Waals surface area contributed by atoms with Crippen molar-refractivity contribution in [3.05, 3.63) is 22.6 Å². The minimum absolute atomic E-state index is 0.561. The fourth-order valence-corrected chi connectivity index (χ4v) is 0.896. The van der Waals surface area contributed by atoms with Gasteiger partial charge in [-0.15, -0.1) is 6.42 Å². The van der Waals surface area contributed by atoms with Gasteiger partial charge in [0.1, 0.15) is 12.0 Å². The van der Waals surface area contributed by atoms with E-state index in [4.69, 9.17) is 10.8 Å². The van der Waals surface area contributed by atoms with Crippen LogP contribution in [0.2, 0.25) is 0 Å². The normalized spacial score (nSPS) is 8.89. The summed E-state index contributed by atoms with van der Waals surface area (Å²) in [6.07, 6.45) is 7.22. The van der Waals surface area contributed by atoms with Crippen LogP contribution in [0.15, 0.2) is 21.2 Å². The van der Waals surface area contributed by atoms with Crippen LogP contribution >= 0.6 is 15.9 Å². The molecule has 1 aromatic rings. The maximum absolute atomic E-state index is 5.04. The van der Waals surface area contributed by atoms with Crippen molar-refractivity contribution in [3.8, 4) is 12.3 Å². The van der Waals surface area contributed by atoms with Gasteiger partial charge < -0.3 is 4.42 Å². The van der Waals surface area contributed by atoms with E-state index in [1.165, 1.54) is 0 Å². The molecule has 1 rings (SSSR count). The molecule has 0 saturated heterocycles. The lowest BCUT2D eigenvalue weighted by molar-refractivity contribution is 0.524. The van der Waals surface area contributed by atoms with Gasteiger partial charge in [-0.05, 0) is 22.0 Å². The Hall–Kier alpha value is -0.680. The summed E-state index contributed by atoms with van der Waals surface area (Å²) in [7, 11) is 0. The highest BCUT2D eigenvalue weighted by Gasteiger charge is 1.94. The largest absolute Gasteiger partial charge is 0.467 e. The first kappa shape index (κ1) is 6.44. The van der Waals surface area contributed by atoms with Gasteiger partial charge in [-0.1, -0.05) is 5.92 Å². The number of halogens is 1. The molecule has 1 heterocycles. The van der Waals surface area contributed by atoms with Gasteiger partial charge in [0.25, 0.3) is 0 Å². The smallest absolute Gasteiger partial charge is 0.116 e. The van der Waals surface area contributed by atoms with Crippen molar-refractivity contribution in [1.82, 2.24) is 0 Å². The Kier molecular flexibility index (Phi) is 1.96. The first-order valence-electron chi connectivity index (χ1n) is 2.49. The molecule has 0 N–H and O–H groups in total. The lowest BCUT2D eigenvalue weighted by Crippen LogP contribution is -1.71. The summed E-state index contributed by atoms with van der Waals surface area (Å²) >= 11 is 3.24. The number of hydrogen-bond acceptors (Lipinski definition) is 1. The zero-order chi connectivity index (χ0) is 6.69. The van der Waals surface area contributed by atoms with Crippen molar-refractivity contribution in [2.75, 3.05) is 0 Å². The first-order valence-corrected chi connectivity index (χ1v) is 3.28. The third-order valence-corrected chi connectivity index (χ3v) is 1.31. The van der Waals surface area contributed by atoms with Gasteiger partial charge in [0.2, 0.25) is 0 Å². The summed E-state index contributed by atoms with van der Waals surface area (Å²) in [5.41, 5.74) is 0. The summed E-state index contributed by atoms with van der Waals surface area (Å²) in [6.45, 7) is 0. The molecule has 0 aliphatic carbocycles. The average molecular weight is 185 g/mol. The molecule has 0 unspecified atom stereocenters. The van der Waals surface area contributed by atoms with E-state index in [0.717, 1.165) is 10.2 Å². The Morgan fingerprint density at radius 3 is 3.00 bits per heavy atom. The fraction of sp³-hybridized carbons (Fsp3) is 0.143. The molecular formula is C7H5BrO. The van der Waals surface area contributed by atoms with E-state index in [0.29, 0.717) is 6.42 Å². The Bertz CT molecular complexity index is 231. The molecule has 1 aromatic heterocycles. The highest BCUT2D eigenvalue weighted by Crippen LogP contribution is 2.13. The van der Waals surface area contributed by atoms with Crippen molar-refractivity contribution < 1.29 is 4.42 Å². The minimum Gasteiger partial charge on any atom is -0.467 e. The Labute approximate surface area is 62.2 Å². The number of rotatable bonds is 1. The molecule has 0 aliphatic heterocycles. The van der Waals surface area contributed by atoms with E-state index >= 15 is 0 Å². The molecule has 0 bridgehead atoms. The molecule has 0 fully saturated rings. The molecule has 0 aromatic carbocycles. The van der Waals surface area contributed by atoms with Crippen LogP contribution in [0.4, 0.5) is 0 Å². The van der Waals surface area contributed by atoms with Crippen molar-refractivity contribution in [2.45, 2.75) is 6.42 Å². The van der Waals surface area contributed by atoms with Crippen LogP contribution in [0.1, 0.15) is 5.76 Å². The molecule has 46 valence electrons. The van der Waals surface area contributed by atoms with Crippen molar-refractivity contribution in [1.29, 1.82) is 0 Å². The molecular weight excluding hydrogens is 180 g/mol. The van der Waals surface area contributed by atoms with Gasteiger partial charge in [-0.3, -0.25) is 0 Å². The SMILES string of the molecule is C#CCc1cc(Br)co1. The lowest BCUT2D eigenvalue weighted by Gasteiger charge is -1.79. The summed E-state index contributed by atoms with van der Waals surface area (Å²) in [5.74, 6) is 3.31. The molecule has 0 radical (unpaired) electrons. The molecule has 0 amide bonds. The van der Waals surface area contributed by atoms with Gasteiger partial charge in [-0.25, -0.2) is 0 Å². The highest BCUT2D eigenvalue weighted by atomic mass is 79.9. The molecule has 0 aliphatic rings. The summed E-state index contributed by atoms with van der Waals surface area (Å²) in [5, 5.41) is 0. The van der Waals surface area contributed by atoms with Crippen LogP contribution < -0.4 is 0 Å². The third-order valence-electron chi connectivity index (χ3n) is 0.898. The van der Waals surface area contributed by atoms with E-state index in [2.05, 4.69) is 21.9 Å². The molecule has 0 spiro atoms. The van der Waals surface area contributed by atoms with Crippen LogP contribution in [0.5, 0.6) is 0 Å². The molecule has 0 atom stereocenters. The number of terminal acetylenes is 1. The van der Waals surface area contributed by atoms with Gasteiger partial charge in [-0.2, -0.15) is 0 Å². The van der Waals surface area contributed by atoms with Gasteiger partial charge in [0, 0.05) is 0 Å². The summed E-state index contributed by atoms with van der Waals surface area (Å²) in [4.78, 5) is 0. The van der Waals surface area contributed by atoms with E-state index in [1.54, 1.807) is 6.26 Å². The predicted octanol–water partition coefficient (Wildman–Crippen LogP) is 2.22. The van der Waals surface area contributed by atoms with E-state index in [1.807, 2.05) is 6.07 Å². The Morgan fingerprint density at radius 1 is 1.78 bits per heavy atom. The monoisotopic (exact) mass is 184 g/mol. The molecule has 9 heavy (non-hydrogen) atoms. The maximum atomic E-state index is 5.04. The summed E-state index contributed by atoms with van der Waals surface area (Å²) in [6, 6.07) is 1.86. The predicted molar refractivity (Wildman–Crippen MR) is 38.9 cm³/mol. The Morgan fingerprint density at radius 2 is 2.56 bits per heavy atom. The van der Waals surface area contributed by atoms with Crippen LogP contribution in [0.25, 0.3) is 0 Å². The van der Waals surface area contributed by atoms with E-state index < -0.39 is 0 Å². The molecule has 2 heteroatoms. The van der Waals surface area contributed by atoms with Crippen LogP contribution in [-0.2, 0) is 6.42 Å². The quantitative estimate of drug-likeness (QED) is 0.611. The van der Waals surface area contributed by atoms with Crippen molar-refractivity contribution in [2.24, 2.45) is 0 Å². The highest BCUT2D eigenvalue weighted by molar-refractivity contribution is 9.10. The second-order valence-electron chi connectivity index (χ2n) is 1.61. The van der Waals surface area contributed by atoms with Gasteiger partial charge in [0.15, 0.2) is 0 Å². The van der Waals surface area contributed by atoms with Gasteiger partial charge in [0.05, 0.1) is 10.9 Å². The minimum atomic E-state index is 0.561. The van der Waals surface area contributed by atoms with Gasteiger partial charge >= 0.3 is 0 Å². The van der Waals surface area contributed by atoms with Crippen LogP contribution in [0.3, 0.4) is 0 Å². The van der Waals surface area contributed by atoms with Crippen molar-refractivity contribution >= 4 is 15.9 Å². The lowest BCUT2D eigenvalue weighted by atomic mass is 10.3. The Balaban J connectivity index is 2.76. The van der Waals surface area contributed by atoms with Crippen LogP contribution in [-0.4, -0.2) is 0 Å². The molecule has 0 saturated carbocycles. The third kappa shape index (κ3) is 1.62. The topological polar surface area (TPSA) is 13.1 Å². The van der Waals surface area contributed by atoms with E-state index in [-0.39, 0.29) is 0 Å². The van der Waals surface area contributed by atoms with Crippen LogP contribution in [0, 0.1) is 12.3 Å². The molecule has 1 nitrogen and oxygen atoms in total. The zero-order valence-electron chi connectivity index (χ0n) is 4.73. The number of hydrogen-bond donors (Lipinski definition) is 0. The number of furan rings is 1. The second kappa shape index (κ2) is 2.75. The average Bonchev–Trinajstić information content (AvgIpc) is 2.17. The maximum Gasteiger partial charge on any atom is 0.116 e. The summed E-state index contributed by atoms with van der Waals surface area (Å²) < 4.78 is 5.95. The van der Waals surface area contributed by atoms with E-state index in [9.17, 15) is 0 Å².